The third kappa shape index (κ3) is 3.19. The van der Waals surface area contributed by atoms with Gasteiger partial charge in [-0.25, -0.2) is 12.8 Å². The number of halogens is 1. The van der Waals surface area contributed by atoms with E-state index in [1.165, 1.54) is 16.4 Å². The number of nitrogens with zero attached hydrogens (tertiary/aromatic N) is 1. The molecule has 1 N–H and O–H groups in total. The van der Waals surface area contributed by atoms with Gasteiger partial charge in [0, 0.05) is 18.2 Å². The van der Waals surface area contributed by atoms with Crippen molar-refractivity contribution in [2.45, 2.75) is 44.2 Å². The molecule has 1 aromatic carbocycles. The Bertz CT molecular complexity index is 582. The Kier molecular flexibility index (Phi) is 4.46. The summed E-state index contributed by atoms with van der Waals surface area (Å²) in [5.74, 6) is -0.364. The van der Waals surface area contributed by atoms with Crippen molar-refractivity contribution in [1.29, 1.82) is 0 Å². The summed E-state index contributed by atoms with van der Waals surface area (Å²) >= 11 is 0. The second-order valence-corrected chi connectivity index (χ2v) is 7.50. The number of rotatable bonds is 6. The lowest BCUT2D eigenvalue weighted by atomic mass is 10.2. The fourth-order valence-corrected chi connectivity index (χ4v) is 4.03. The standard InChI is InChI=1S/C14H20FNO3S/c1-10(2)8-16(12-3-4-12)20(18,19)13-5-6-14(15)11(7-13)9-17/h5-7,10,12,17H,3-4,8-9H2,1-2H3. The summed E-state index contributed by atoms with van der Waals surface area (Å²) in [6.45, 7) is 3.88. The predicted molar refractivity (Wildman–Crippen MR) is 74.1 cm³/mol. The van der Waals surface area contributed by atoms with E-state index < -0.39 is 22.4 Å². The van der Waals surface area contributed by atoms with E-state index in [1.807, 2.05) is 13.8 Å². The normalized spacial score (nSPS) is 16.1. The summed E-state index contributed by atoms with van der Waals surface area (Å²) in [6.07, 6.45) is 1.75. The largest absolute Gasteiger partial charge is 0.392 e. The van der Waals surface area contributed by atoms with Gasteiger partial charge < -0.3 is 5.11 Å². The van der Waals surface area contributed by atoms with Crippen molar-refractivity contribution in [3.8, 4) is 0 Å². The average molecular weight is 301 g/mol. The third-order valence-corrected chi connectivity index (χ3v) is 5.21. The molecular formula is C14H20FNO3S. The lowest BCUT2D eigenvalue weighted by Gasteiger charge is -2.24. The van der Waals surface area contributed by atoms with Gasteiger partial charge in [0.1, 0.15) is 5.82 Å². The molecule has 2 rings (SSSR count). The maximum atomic E-state index is 13.4. The number of sulfonamides is 1. The van der Waals surface area contributed by atoms with E-state index in [0.29, 0.717) is 6.54 Å². The van der Waals surface area contributed by atoms with E-state index in [4.69, 9.17) is 5.11 Å². The number of hydrogen-bond acceptors (Lipinski definition) is 3. The minimum Gasteiger partial charge on any atom is -0.392 e. The van der Waals surface area contributed by atoms with Gasteiger partial charge in [0.05, 0.1) is 11.5 Å². The second-order valence-electron chi connectivity index (χ2n) is 5.61. The minimum atomic E-state index is -3.63. The summed E-state index contributed by atoms with van der Waals surface area (Å²) in [5.41, 5.74) is 0.00590. The SMILES string of the molecule is CC(C)CN(C1CC1)S(=O)(=O)c1ccc(F)c(CO)c1. The number of aliphatic hydroxyl groups excluding tert-OH is 1. The molecule has 0 radical (unpaired) electrons. The van der Waals surface area contributed by atoms with Crippen molar-refractivity contribution in [2.75, 3.05) is 6.54 Å². The van der Waals surface area contributed by atoms with Gasteiger partial charge in [0.2, 0.25) is 10.0 Å². The molecule has 1 saturated carbocycles. The minimum absolute atomic E-state index is 0.00590. The van der Waals surface area contributed by atoms with Gasteiger partial charge in [0.15, 0.2) is 0 Å². The van der Waals surface area contributed by atoms with Crippen LogP contribution in [0.15, 0.2) is 23.1 Å². The van der Waals surface area contributed by atoms with Crippen molar-refractivity contribution in [3.05, 3.63) is 29.6 Å². The van der Waals surface area contributed by atoms with Crippen molar-refractivity contribution < 1.29 is 17.9 Å². The van der Waals surface area contributed by atoms with Gasteiger partial charge >= 0.3 is 0 Å². The van der Waals surface area contributed by atoms with Crippen LogP contribution in [-0.2, 0) is 16.6 Å². The summed E-state index contributed by atoms with van der Waals surface area (Å²) in [7, 11) is -3.63. The molecule has 1 aromatic rings. The van der Waals surface area contributed by atoms with Crippen LogP contribution in [0.2, 0.25) is 0 Å². The highest BCUT2D eigenvalue weighted by molar-refractivity contribution is 7.89. The van der Waals surface area contributed by atoms with Crippen molar-refractivity contribution in [2.24, 2.45) is 5.92 Å². The van der Waals surface area contributed by atoms with Crippen LogP contribution < -0.4 is 0 Å². The van der Waals surface area contributed by atoms with E-state index in [9.17, 15) is 12.8 Å². The first-order valence-electron chi connectivity index (χ1n) is 6.77. The second kappa shape index (κ2) is 5.79. The average Bonchev–Trinajstić information content (AvgIpc) is 3.20. The fourth-order valence-electron chi connectivity index (χ4n) is 2.13. The highest BCUT2D eigenvalue weighted by Crippen LogP contribution is 2.33. The van der Waals surface area contributed by atoms with Crippen molar-refractivity contribution in [1.82, 2.24) is 4.31 Å². The molecule has 0 amide bonds. The Balaban J connectivity index is 2.37. The molecular weight excluding hydrogens is 281 g/mol. The number of hydrogen-bond donors (Lipinski definition) is 1. The van der Waals surface area contributed by atoms with E-state index >= 15 is 0 Å². The Hall–Kier alpha value is -0.980. The summed E-state index contributed by atoms with van der Waals surface area (Å²) in [4.78, 5) is 0.0514. The van der Waals surface area contributed by atoms with Crippen LogP contribution in [0.1, 0.15) is 32.3 Å². The maximum absolute atomic E-state index is 13.4. The van der Waals surface area contributed by atoms with E-state index in [0.717, 1.165) is 18.9 Å². The summed E-state index contributed by atoms with van der Waals surface area (Å²) < 4.78 is 40.2. The predicted octanol–water partition coefficient (Wildman–Crippen LogP) is 2.13. The van der Waals surface area contributed by atoms with Gasteiger partial charge in [-0.3, -0.25) is 0 Å². The number of aliphatic hydroxyl groups is 1. The fraction of sp³-hybridized carbons (Fsp3) is 0.571. The smallest absolute Gasteiger partial charge is 0.243 e. The highest BCUT2D eigenvalue weighted by Gasteiger charge is 2.38. The molecule has 1 aliphatic carbocycles. The Labute approximate surface area is 119 Å². The molecule has 4 nitrogen and oxygen atoms in total. The molecule has 0 bridgehead atoms. The van der Waals surface area contributed by atoms with Gasteiger partial charge in [-0.1, -0.05) is 13.8 Å². The number of benzene rings is 1. The topological polar surface area (TPSA) is 57.6 Å². The van der Waals surface area contributed by atoms with Crippen LogP contribution >= 0.6 is 0 Å². The lowest BCUT2D eigenvalue weighted by Crippen LogP contribution is -2.36. The first-order chi connectivity index (χ1) is 9.36. The van der Waals surface area contributed by atoms with E-state index in [1.54, 1.807) is 0 Å². The molecule has 0 aromatic heterocycles. The quantitative estimate of drug-likeness (QED) is 0.875. The molecule has 0 aliphatic heterocycles. The highest BCUT2D eigenvalue weighted by atomic mass is 32.2. The summed E-state index contributed by atoms with van der Waals surface area (Å²) in [6, 6.07) is 3.64. The zero-order valence-electron chi connectivity index (χ0n) is 11.7. The molecule has 1 fully saturated rings. The molecule has 20 heavy (non-hydrogen) atoms. The van der Waals surface area contributed by atoms with E-state index in [-0.39, 0.29) is 22.4 Å². The lowest BCUT2D eigenvalue weighted by molar-refractivity contribution is 0.275. The van der Waals surface area contributed by atoms with Crippen LogP contribution in [0.5, 0.6) is 0 Å². The molecule has 0 atom stereocenters. The Morgan fingerprint density at radius 3 is 2.55 bits per heavy atom. The first kappa shape index (κ1) is 15.4. The van der Waals surface area contributed by atoms with Crippen LogP contribution in [-0.4, -0.2) is 30.4 Å². The van der Waals surface area contributed by atoms with Crippen LogP contribution in [0.25, 0.3) is 0 Å². The molecule has 6 heteroatoms. The summed E-state index contributed by atoms with van der Waals surface area (Å²) in [5, 5.41) is 9.07. The first-order valence-corrected chi connectivity index (χ1v) is 8.21. The zero-order valence-corrected chi connectivity index (χ0v) is 12.5. The molecule has 0 saturated heterocycles. The van der Waals surface area contributed by atoms with Gasteiger partial charge in [-0.05, 0) is 37.0 Å². The third-order valence-electron chi connectivity index (χ3n) is 3.29. The molecule has 0 heterocycles. The van der Waals surface area contributed by atoms with Crippen LogP contribution in [0.3, 0.4) is 0 Å². The van der Waals surface area contributed by atoms with Gasteiger partial charge in [-0.15, -0.1) is 0 Å². The molecule has 1 aliphatic rings. The molecule has 0 spiro atoms. The van der Waals surface area contributed by atoms with Gasteiger partial charge in [0.25, 0.3) is 0 Å². The van der Waals surface area contributed by atoms with Crippen LogP contribution in [0.4, 0.5) is 4.39 Å². The van der Waals surface area contributed by atoms with Crippen molar-refractivity contribution >= 4 is 10.0 Å². The van der Waals surface area contributed by atoms with Crippen molar-refractivity contribution in [3.63, 3.8) is 0 Å². The maximum Gasteiger partial charge on any atom is 0.243 e. The Morgan fingerprint density at radius 1 is 1.40 bits per heavy atom. The van der Waals surface area contributed by atoms with E-state index in [2.05, 4.69) is 0 Å². The Morgan fingerprint density at radius 2 is 2.05 bits per heavy atom. The van der Waals surface area contributed by atoms with Crippen LogP contribution in [0, 0.1) is 11.7 Å². The molecule has 0 unspecified atom stereocenters. The molecule has 112 valence electrons. The van der Waals surface area contributed by atoms with Gasteiger partial charge in [-0.2, -0.15) is 4.31 Å². The monoisotopic (exact) mass is 301 g/mol. The zero-order chi connectivity index (χ0) is 14.9.